The largest absolute Gasteiger partial charge is 0.244 e. The summed E-state index contributed by atoms with van der Waals surface area (Å²) in [7, 11) is 0. The van der Waals surface area contributed by atoms with E-state index in [9.17, 15) is 0 Å². The maximum Gasteiger partial charge on any atom is 0.123 e. The van der Waals surface area contributed by atoms with Crippen LogP contribution in [0.2, 0.25) is 0 Å². The molecule has 76 valence electrons. The molecule has 0 spiro atoms. The standard InChI is InChI=1S/C13H13NS/c1-9-7-11(9)12-8-14-13(15-12)10-5-3-2-4-6-10/h2-6,8-9,11H,7H2,1H3/t9-,11-/m0/s1. The van der Waals surface area contributed by atoms with Crippen molar-refractivity contribution >= 4 is 11.3 Å². The second-order valence-corrected chi connectivity index (χ2v) is 5.32. The van der Waals surface area contributed by atoms with Gasteiger partial charge in [-0.3, -0.25) is 0 Å². The molecule has 3 rings (SSSR count). The highest BCUT2D eigenvalue weighted by molar-refractivity contribution is 7.15. The highest BCUT2D eigenvalue weighted by Crippen LogP contribution is 2.49. The summed E-state index contributed by atoms with van der Waals surface area (Å²) < 4.78 is 0. The summed E-state index contributed by atoms with van der Waals surface area (Å²) in [6, 6.07) is 10.4. The predicted molar refractivity (Wildman–Crippen MR) is 64.1 cm³/mol. The van der Waals surface area contributed by atoms with Gasteiger partial charge in [0.2, 0.25) is 0 Å². The van der Waals surface area contributed by atoms with Gasteiger partial charge in [0.25, 0.3) is 0 Å². The fourth-order valence-corrected chi connectivity index (χ4v) is 3.06. The van der Waals surface area contributed by atoms with E-state index in [0.717, 1.165) is 16.8 Å². The first-order valence-corrected chi connectivity index (χ1v) is 6.17. The molecule has 2 heteroatoms. The molecule has 1 nitrogen and oxygen atoms in total. The molecule has 1 saturated carbocycles. The Kier molecular flexibility index (Phi) is 2.10. The summed E-state index contributed by atoms with van der Waals surface area (Å²) in [5.41, 5.74) is 1.24. The van der Waals surface area contributed by atoms with Crippen LogP contribution in [-0.2, 0) is 0 Å². The van der Waals surface area contributed by atoms with Gasteiger partial charge in [0.05, 0.1) is 0 Å². The third kappa shape index (κ3) is 1.70. The van der Waals surface area contributed by atoms with Gasteiger partial charge in [0, 0.05) is 16.6 Å². The zero-order chi connectivity index (χ0) is 10.3. The quantitative estimate of drug-likeness (QED) is 0.739. The molecule has 1 heterocycles. The molecule has 2 aromatic rings. The van der Waals surface area contributed by atoms with E-state index < -0.39 is 0 Å². The molecule has 0 bridgehead atoms. The minimum Gasteiger partial charge on any atom is -0.244 e. The van der Waals surface area contributed by atoms with Gasteiger partial charge in [0.1, 0.15) is 5.01 Å². The zero-order valence-corrected chi connectivity index (χ0v) is 9.50. The normalized spacial score (nSPS) is 24.1. The Morgan fingerprint density at radius 3 is 2.67 bits per heavy atom. The predicted octanol–water partition coefficient (Wildman–Crippen LogP) is 3.93. The van der Waals surface area contributed by atoms with Crippen LogP contribution in [0.1, 0.15) is 24.1 Å². The van der Waals surface area contributed by atoms with Gasteiger partial charge < -0.3 is 0 Å². The van der Waals surface area contributed by atoms with Crippen molar-refractivity contribution in [2.24, 2.45) is 5.92 Å². The number of hydrogen-bond acceptors (Lipinski definition) is 2. The molecule has 1 fully saturated rings. The summed E-state index contributed by atoms with van der Waals surface area (Å²) in [5.74, 6) is 1.66. The van der Waals surface area contributed by atoms with E-state index in [-0.39, 0.29) is 0 Å². The Balaban J connectivity index is 1.91. The maximum atomic E-state index is 4.50. The first kappa shape index (κ1) is 9.10. The van der Waals surface area contributed by atoms with Crippen molar-refractivity contribution in [2.45, 2.75) is 19.3 Å². The minimum atomic E-state index is 0.792. The summed E-state index contributed by atoms with van der Waals surface area (Å²) in [6.45, 7) is 2.31. The molecule has 0 amide bonds. The van der Waals surface area contributed by atoms with E-state index >= 15 is 0 Å². The monoisotopic (exact) mass is 215 g/mol. The van der Waals surface area contributed by atoms with Crippen molar-refractivity contribution in [3.8, 4) is 10.6 Å². The van der Waals surface area contributed by atoms with Gasteiger partial charge in [-0.05, 0) is 18.3 Å². The van der Waals surface area contributed by atoms with Crippen molar-refractivity contribution in [3.05, 3.63) is 41.4 Å². The fraction of sp³-hybridized carbons (Fsp3) is 0.308. The lowest BCUT2D eigenvalue weighted by atomic mass is 10.2. The Bertz CT molecular complexity index is 460. The second kappa shape index (κ2) is 3.46. The zero-order valence-electron chi connectivity index (χ0n) is 8.68. The molecule has 2 atom stereocenters. The molecule has 0 N–H and O–H groups in total. The number of aromatic nitrogens is 1. The van der Waals surface area contributed by atoms with Crippen LogP contribution in [0.3, 0.4) is 0 Å². The van der Waals surface area contributed by atoms with Crippen LogP contribution in [0.5, 0.6) is 0 Å². The number of nitrogens with zero attached hydrogens (tertiary/aromatic N) is 1. The SMILES string of the molecule is C[C@H]1C[C@@H]1c1cnc(-c2ccccc2)s1. The smallest absolute Gasteiger partial charge is 0.123 e. The molecular weight excluding hydrogens is 202 g/mol. The second-order valence-electron chi connectivity index (χ2n) is 4.25. The van der Waals surface area contributed by atoms with E-state index in [1.54, 1.807) is 0 Å². The van der Waals surface area contributed by atoms with Crippen molar-refractivity contribution in [1.82, 2.24) is 4.98 Å². The van der Waals surface area contributed by atoms with Crippen LogP contribution in [0.25, 0.3) is 10.6 Å². The summed E-state index contributed by atoms with van der Waals surface area (Å²) in [4.78, 5) is 5.96. The highest BCUT2D eigenvalue weighted by Gasteiger charge is 2.35. The molecule has 15 heavy (non-hydrogen) atoms. The lowest BCUT2D eigenvalue weighted by Crippen LogP contribution is -1.71. The molecular formula is C13H13NS. The van der Waals surface area contributed by atoms with Crippen molar-refractivity contribution in [3.63, 3.8) is 0 Å². The minimum absolute atomic E-state index is 0.792. The molecule has 1 aliphatic rings. The van der Waals surface area contributed by atoms with Crippen LogP contribution < -0.4 is 0 Å². The Morgan fingerprint density at radius 2 is 2.00 bits per heavy atom. The van der Waals surface area contributed by atoms with E-state index in [1.165, 1.54) is 16.9 Å². The van der Waals surface area contributed by atoms with E-state index in [4.69, 9.17) is 0 Å². The number of benzene rings is 1. The van der Waals surface area contributed by atoms with Crippen molar-refractivity contribution < 1.29 is 0 Å². The van der Waals surface area contributed by atoms with E-state index in [0.29, 0.717) is 0 Å². The molecule has 1 aromatic heterocycles. The highest BCUT2D eigenvalue weighted by atomic mass is 32.1. The molecule has 0 unspecified atom stereocenters. The van der Waals surface area contributed by atoms with Crippen LogP contribution >= 0.6 is 11.3 Å². The fourth-order valence-electron chi connectivity index (χ4n) is 1.89. The first-order valence-electron chi connectivity index (χ1n) is 5.36. The lowest BCUT2D eigenvalue weighted by molar-refractivity contribution is 0.924. The number of hydrogen-bond donors (Lipinski definition) is 0. The average molecular weight is 215 g/mol. The third-order valence-corrected chi connectivity index (χ3v) is 4.20. The Hall–Kier alpha value is -1.15. The number of rotatable bonds is 2. The summed E-state index contributed by atoms with van der Waals surface area (Å²) in [6.07, 6.45) is 3.40. The van der Waals surface area contributed by atoms with Crippen LogP contribution in [-0.4, -0.2) is 4.98 Å². The van der Waals surface area contributed by atoms with Crippen LogP contribution in [0.15, 0.2) is 36.5 Å². The first-order chi connectivity index (χ1) is 7.34. The van der Waals surface area contributed by atoms with Crippen molar-refractivity contribution in [2.75, 3.05) is 0 Å². The molecule has 1 aromatic carbocycles. The third-order valence-electron chi connectivity index (χ3n) is 3.02. The molecule has 0 aliphatic heterocycles. The number of thiazole rings is 1. The topological polar surface area (TPSA) is 12.9 Å². The van der Waals surface area contributed by atoms with Gasteiger partial charge in [-0.2, -0.15) is 0 Å². The maximum absolute atomic E-state index is 4.50. The van der Waals surface area contributed by atoms with Crippen molar-refractivity contribution in [1.29, 1.82) is 0 Å². The van der Waals surface area contributed by atoms with Gasteiger partial charge >= 0.3 is 0 Å². The van der Waals surface area contributed by atoms with Crippen LogP contribution in [0, 0.1) is 5.92 Å². The summed E-state index contributed by atoms with van der Waals surface area (Å²) in [5, 5.41) is 1.16. The lowest BCUT2D eigenvalue weighted by Gasteiger charge is -1.93. The Labute approximate surface area is 93.8 Å². The molecule has 1 aliphatic carbocycles. The Morgan fingerprint density at radius 1 is 1.27 bits per heavy atom. The van der Waals surface area contributed by atoms with Gasteiger partial charge in [-0.25, -0.2) is 4.98 Å². The van der Waals surface area contributed by atoms with E-state index in [1.807, 2.05) is 17.4 Å². The molecule has 0 saturated heterocycles. The van der Waals surface area contributed by atoms with Gasteiger partial charge in [0.15, 0.2) is 0 Å². The average Bonchev–Trinajstić information content (AvgIpc) is 2.83. The van der Waals surface area contributed by atoms with E-state index in [2.05, 4.69) is 42.4 Å². The summed E-state index contributed by atoms with van der Waals surface area (Å²) >= 11 is 1.85. The molecule has 0 radical (unpaired) electrons. The van der Waals surface area contributed by atoms with Gasteiger partial charge in [-0.1, -0.05) is 37.3 Å². The van der Waals surface area contributed by atoms with Crippen LogP contribution in [0.4, 0.5) is 0 Å². The van der Waals surface area contributed by atoms with Gasteiger partial charge in [-0.15, -0.1) is 11.3 Å².